The minimum absolute atomic E-state index is 0.0594. The lowest BCUT2D eigenvalue weighted by molar-refractivity contribution is 0.174. The largest absolute Gasteiger partial charge is 0.497 e. The van der Waals surface area contributed by atoms with Crippen LogP contribution in [0.2, 0.25) is 0 Å². The molecule has 6 heteroatoms. The molecule has 130 valence electrons. The van der Waals surface area contributed by atoms with Gasteiger partial charge in [0, 0.05) is 18.3 Å². The molecule has 1 saturated heterocycles. The Kier molecular flexibility index (Phi) is 4.09. The van der Waals surface area contributed by atoms with Gasteiger partial charge in [0.25, 0.3) is 0 Å². The fourth-order valence-electron chi connectivity index (χ4n) is 3.37. The van der Waals surface area contributed by atoms with Gasteiger partial charge < -0.3 is 24.4 Å². The first-order chi connectivity index (χ1) is 12.2. The molecule has 1 N–H and O–H groups in total. The number of nitrogens with zero attached hydrogens (tertiary/aromatic N) is 1. The van der Waals surface area contributed by atoms with E-state index >= 15 is 0 Å². The number of hydrogen-bond donors (Lipinski definition) is 1. The molecule has 1 unspecified atom stereocenters. The molecule has 2 amide bonds. The van der Waals surface area contributed by atoms with Gasteiger partial charge in [0.2, 0.25) is 6.79 Å². The van der Waals surface area contributed by atoms with Crippen LogP contribution in [-0.4, -0.2) is 31.4 Å². The SMILES string of the molecule is COc1cccc(C2CCCN2C(=O)Nc2ccc3c(c2)OCO3)c1. The van der Waals surface area contributed by atoms with Crippen molar-refractivity contribution in [1.29, 1.82) is 0 Å². The third kappa shape index (κ3) is 3.07. The van der Waals surface area contributed by atoms with Gasteiger partial charge in [-0.05, 0) is 42.7 Å². The monoisotopic (exact) mass is 340 g/mol. The van der Waals surface area contributed by atoms with Crippen LogP contribution in [-0.2, 0) is 0 Å². The Morgan fingerprint density at radius 3 is 2.96 bits per heavy atom. The number of likely N-dealkylation sites (tertiary alicyclic amines) is 1. The zero-order chi connectivity index (χ0) is 17.2. The highest BCUT2D eigenvalue weighted by atomic mass is 16.7. The molecule has 2 heterocycles. The molecule has 4 rings (SSSR count). The number of ether oxygens (including phenoxy) is 3. The second-order valence-corrected chi connectivity index (χ2v) is 6.13. The van der Waals surface area contributed by atoms with Crippen LogP contribution in [0.5, 0.6) is 17.2 Å². The number of carbonyl (C=O) groups is 1. The van der Waals surface area contributed by atoms with Gasteiger partial charge in [0.15, 0.2) is 11.5 Å². The Morgan fingerprint density at radius 2 is 2.08 bits per heavy atom. The standard InChI is InChI=1S/C19H20N2O4/c1-23-15-5-2-4-13(10-15)16-6-3-9-21(16)19(22)20-14-7-8-17-18(11-14)25-12-24-17/h2,4-5,7-8,10-11,16H,3,6,9,12H2,1H3,(H,20,22). The third-order valence-corrected chi connectivity index (χ3v) is 4.62. The van der Waals surface area contributed by atoms with Gasteiger partial charge in [-0.15, -0.1) is 0 Å². The lowest BCUT2D eigenvalue weighted by Crippen LogP contribution is -2.34. The second-order valence-electron chi connectivity index (χ2n) is 6.13. The Labute approximate surface area is 146 Å². The summed E-state index contributed by atoms with van der Waals surface area (Å²) in [5, 5.41) is 2.96. The van der Waals surface area contributed by atoms with E-state index in [1.54, 1.807) is 13.2 Å². The highest BCUT2D eigenvalue weighted by Crippen LogP contribution is 2.36. The van der Waals surface area contributed by atoms with Crippen molar-refractivity contribution in [1.82, 2.24) is 4.90 Å². The molecule has 6 nitrogen and oxygen atoms in total. The van der Waals surface area contributed by atoms with E-state index in [1.165, 1.54) is 0 Å². The Hall–Kier alpha value is -2.89. The van der Waals surface area contributed by atoms with E-state index in [4.69, 9.17) is 14.2 Å². The number of benzene rings is 2. The number of carbonyl (C=O) groups excluding carboxylic acids is 1. The van der Waals surface area contributed by atoms with Crippen molar-refractivity contribution in [3.8, 4) is 17.2 Å². The molecule has 2 aliphatic rings. The first-order valence-corrected chi connectivity index (χ1v) is 8.36. The first kappa shape index (κ1) is 15.6. The molecular weight excluding hydrogens is 320 g/mol. The molecule has 25 heavy (non-hydrogen) atoms. The summed E-state index contributed by atoms with van der Waals surface area (Å²) in [6.07, 6.45) is 1.93. The molecule has 2 aromatic rings. The van der Waals surface area contributed by atoms with Crippen molar-refractivity contribution >= 4 is 11.7 Å². The molecule has 1 fully saturated rings. The summed E-state index contributed by atoms with van der Waals surface area (Å²) in [5.41, 5.74) is 1.79. The average Bonchev–Trinajstić information content (AvgIpc) is 3.30. The summed E-state index contributed by atoms with van der Waals surface area (Å²) < 4.78 is 16.0. The van der Waals surface area contributed by atoms with Crippen LogP contribution < -0.4 is 19.5 Å². The van der Waals surface area contributed by atoms with E-state index in [1.807, 2.05) is 41.3 Å². The Balaban J connectivity index is 1.50. The van der Waals surface area contributed by atoms with Gasteiger partial charge >= 0.3 is 6.03 Å². The molecule has 0 bridgehead atoms. The van der Waals surface area contributed by atoms with E-state index in [-0.39, 0.29) is 18.9 Å². The summed E-state index contributed by atoms with van der Waals surface area (Å²) >= 11 is 0. The predicted octanol–water partition coefficient (Wildman–Crippen LogP) is 3.79. The van der Waals surface area contributed by atoms with Crippen LogP contribution in [0.4, 0.5) is 10.5 Å². The minimum Gasteiger partial charge on any atom is -0.497 e. The van der Waals surface area contributed by atoms with E-state index < -0.39 is 0 Å². The van der Waals surface area contributed by atoms with Crippen molar-refractivity contribution in [2.45, 2.75) is 18.9 Å². The number of fused-ring (bicyclic) bond motifs is 1. The Bertz CT molecular complexity index is 793. The number of nitrogens with one attached hydrogen (secondary N) is 1. The zero-order valence-electron chi connectivity index (χ0n) is 14.0. The number of hydrogen-bond acceptors (Lipinski definition) is 4. The topological polar surface area (TPSA) is 60.0 Å². The van der Waals surface area contributed by atoms with Crippen molar-refractivity contribution in [3.63, 3.8) is 0 Å². The van der Waals surface area contributed by atoms with Gasteiger partial charge in [-0.3, -0.25) is 0 Å². The predicted molar refractivity (Wildman–Crippen MR) is 93.3 cm³/mol. The summed E-state index contributed by atoms with van der Waals surface area (Å²) in [5.74, 6) is 2.16. The normalized spacial score (nSPS) is 18.3. The molecule has 2 aromatic carbocycles. The lowest BCUT2D eigenvalue weighted by Gasteiger charge is -2.25. The summed E-state index contributed by atoms with van der Waals surface area (Å²) in [4.78, 5) is 14.6. The number of amides is 2. The first-order valence-electron chi connectivity index (χ1n) is 8.36. The fourth-order valence-corrected chi connectivity index (χ4v) is 3.37. The molecule has 0 aliphatic carbocycles. The summed E-state index contributed by atoms with van der Waals surface area (Å²) in [6, 6.07) is 13.3. The van der Waals surface area contributed by atoms with Crippen LogP contribution in [0, 0.1) is 0 Å². The van der Waals surface area contributed by atoms with Gasteiger partial charge in [-0.1, -0.05) is 12.1 Å². The van der Waals surface area contributed by atoms with Crippen LogP contribution in [0.25, 0.3) is 0 Å². The number of rotatable bonds is 3. The smallest absolute Gasteiger partial charge is 0.322 e. The van der Waals surface area contributed by atoms with Gasteiger partial charge in [0.05, 0.1) is 13.2 Å². The number of methoxy groups -OCH3 is 1. The van der Waals surface area contributed by atoms with E-state index in [0.29, 0.717) is 17.2 Å². The van der Waals surface area contributed by atoms with Gasteiger partial charge in [0.1, 0.15) is 5.75 Å². The van der Waals surface area contributed by atoms with Crippen LogP contribution in [0.15, 0.2) is 42.5 Å². The highest BCUT2D eigenvalue weighted by molar-refractivity contribution is 5.90. The highest BCUT2D eigenvalue weighted by Gasteiger charge is 2.30. The van der Waals surface area contributed by atoms with E-state index in [9.17, 15) is 4.79 Å². The maximum absolute atomic E-state index is 12.8. The molecular formula is C19H20N2O4. The molecule has 0 radical (unpaired) electrons. The zero-order valence-corrected chi connectivity index (χ0v) is 14.0. The second kappa shape index (κ2) is 6.55. The van der Waals surface area contributed by atoms with E-state index in [0.717, 1.165) is 30.7 Å². The van der Waals surface area contributed by atoms with Crippen molar-refractivity contribution in [2.75, 3.05) is 25.8 Å². The molecule has 1 atom stereocenters. The van der Waals surface area contributed by atoms with Crippen LogP contribution in [0.3, 0.4) is 0 Å². The van der Waals surface area contributed by atoms with Crippen LogP contribution >= 0.6 is 0 Å². The van der Waals surface area contributed by atoms with Crippen molar-refractivity contribution in [3.05, 3.63) is 48.0 Å². The maximum Gasteiger partial charge on any atom is 0.322 e. The summed E-state index contributed by atoms with van der Waals surface area (Å²) in [7, 11) is 1.65. The number of urea groups is 1. The molecule has 0 saturated carbocycles. The average molecular weight is 340 g/mol. The quantitative estimate of drug-likeness (QED) is 0.923. The minimum atomic E-state index is -0.107. The maximum atomic E-state index is 12.8. The fraction of sp³-hybridized carbons (Fsp3) is 0.316. The molecule has 2 aliphatic heterocycles. The lowest BCUT2D eigenvalue weighted by atomic mass is 10.0. The van der Waals surface area contributed by atoms with Crippen molar-refractivity contribution < 1.29 is 19.0 Å². The molecule has 0 spiro atoms. The number of anilines is 1. The summed E-state index contributed by atoms with van der Waals surface area (Å²) in [6.45, 7) is 0.953. The van der Waals surface area contributed by atoms with Gasteiger partial charge in [-0.2, -0.15) is 0 Å². The molecule has 0 aromatic heterocycles. The van der Waals surface area contributed by atoms with Crippen LogP contribution in [0.1, 0.15) is 24.4 Å². The van der Waals surface area contributed by atoms with Gasteiger partial charge in [-0.25, -0.2) is 4.79 Å². The van der Waals surface area contributed by atoms with E-state index in [2.05, 4.69) is 5.32 Å². The Morgan fingerprint density at radius 1 is 1.20 bits per heavy atom. The van der Waals surface area contributed by atoms with Crippen molar-refractivity contribution in [2.24, 2.45) is 0 Å². The third-order valence-electron chi connectivity index (χ3n) is 4.62.